The fourth-order valence-corrected chi connectivity index (χ4v) is 2.25. The zero-order valence-corrected chi connectivity index (χ0v) is 11.4. The molecule has 6 heteroatoms. The molecule has 0 aromatic heterocycles. The van der Waals surface area contributed by atoms with E-state index in [-0.39, 0.29) is 31.9 Å². The molecule has 1 aliphatic carbocycles. The predicted molar refractivity (Wildman–Crippen MR) is 65.4 cm³/mol. The first-order chi connectivity index (χ1) is 8.65. The maximum atomic E-state index is 12.6. The van der Waals surface area contributed by atoms with E-state index in [1.807, 2.05) is 0 Å². The van der Waals surface area contributed by atoms with Gasteiger partial charge in [0, 0.05) is 24.5 Å². The summed E-state index contributed by atoms with van der Waals surface area (Å²) in [4.78, 5) is 11.9. The molecule has 19 heavy (non-hydrogen) atoms. The molecule has 1 saturated carbocycles. The lowest BCUT2D eigenvalue weighted by Crippen LogP contribution is -2.41. The Morgan fingerprint density at radius 1 is 1.32 bits per heavy atom. The minimum Gasteiger partial charge on any atom is -0.396 e. The van der Waals surface area contributed by atoms with Gasteiger partial charge in [0.25, 0.3) is 0 Å². The van der Waals surface area contributed by atoms with Gasteiger partial charge in [0.1, 0.15) is 0 Å². The number of aliphatic hydroxyl groups is 1. The molecule has 1 aliphatic rings. The SMILES string of the molecule is CC(C)(CO)CNC(=O)C1CCCC(C(F)(F)F)C1. The smallest absolute Gasteiger partial charge is 0.391 e. The van der Waals surface area contributed by atoms with Gasteiger partial charge >= 0.3 is 6.18 Å². The first kappa shape index (κ1) is 16.3. The number of amides is 1. The Balaban J connectivity index is 2.49. The molecular weight excluding hydrogens is 259 g/mol. The maximum absolute atomic E-state index is 12.6. The van der Waals surface area contributed by atoms with E-state index in [4.69, 9.17) is 5.11 Å². The zero-order valence-electron chi connectivity index (χ0n) is 11.4. The Kier molecular flexibility index (Phi) is 5.24. The van der Waals surface area contributed by atoms with E-state index in [1.165, 1.54) is 0 Å². The second-order valence-electron chi connectivity index (χ2n) is 6.14. The summed E-state index contributed by atoms with van der Waals surface area (Å²) in [5.41, 5.74) is -0.451. The summed E-state index contributed by atoms with van der Waals surface area (Å²) in [5.74, 6) is -2.24. The minimum atomic E-state index is -4.21. The molecule has 1 amide bonds. The van der Waals surface area contributed by atoms with Gasteiger partial charge in [-0.05, 0) is 19.3 Å². The number of aliphatic hydroxyl groups excluding tert-OH is 1. The molecule has 2 unspecified atom stereocenters. The number of rotatable bonds is 4. The van der Waals surface area contributed by atoms with Crippen LogP contribution in [0.5, 0.6) is 0 Å². The summed E-state index contributed by atoms with van der Waals surface area (Å²) in [6.07, 6.45) is -3.25. The van der Waals surface area contributed by atoms with Gasteiger partial charge < -0.3 is 10.4 Å². The fraction of sp³-hybridized carbons (Fsp3) is 0.923. The summed E-state index contributed by atoms with van der Waals surface area (Å²) in [7, 11) is 0. The van der Waals surface area contributed by atoms with Crippen LogP contribution in [0.3, 0.4) is 0 Å². The predicted octanol–water partition coefficient (Wildman–Crippen LogP) is 2.49. The molecule has 0 spiro atoms. The van der Waals surface area contributed by atoms with Crippen molar-refractivity contribution >= 4 is 5.91 Å². The van der Waals surface area contributed by atoms with E-state index in [0.717, 1.165) is 0 Å². The monoisotopic (exact) mass is 281 g/mol. The van der Waals surface area contributed by atoms with Crippen molar-refractivity contribution in [3.63, 3.8) is 0 Å². The summed E-state index contributed by atoms with van der Waals surface area (Å²) >= 11 is 0. The summed E-state index contributed by atoms with van der Waals surface area (Å²) in [5, 5.41) is 11.7. The van der Waals surface area contributed by atoms with Gasteiger partial charge in [-0.3, -0.25) is 4.79 Å². The van der Waals surface area contributed by atoms with Crippen LogP contribution in [0.4, 0.5) is 13.2 Å². The van der Waals surface area contributed by atoms with Crippen LogP contribution in [0.2, 0.25) is 0 Å². The molecule has 0 aromatic carbocycles. The number of halogens is 3. The highest BCUT2D eigenvalue weighted by atomic mass is 19.4. The lowest BCUT2D eigenvalue weighted by molar-refractivity contribution is -0.186. The second-order valence-corrected chi connectivity index (χ2v) is 6.14. The largest absolute Gasteiger partial charge is 0.396 e. The Morgan fingerprint density at radius 2 is 1.95 bits per heavy atom. The average Bonchev–Trinajstić information content (AvgIpc) is 2.35. The zero-order chi connectivity index (χ0) is 14.7. The van der Waals surface area contributed by atoms with Crippen molar-refractivity contribution in [2.45, 2.75) is 45.7 Å². The van der Waals surface area contributed by atoms with Crippen molar-refractivity contribution in [2.75, 3.05) is 13.2 Å². The molecule has 2 atom stereocenters. The van der Waals surface area contributed by atoms with Crippen molar-refractivity contribution in [1.82, 2.24) is 5.32 Å². The number of hydrogen-bond donors (Lipinski definition) is 2. The van der Waals surface area contributed by atoms with Crippen LogP contribution in [0, 0.1) is 17.3 Å². The highest BCUT2D eigenvalue weighted by molar-refractivity contribution is 5.78. The third-order valence-corrected chi connectivity index (χ3v) is 3.68. The third-order valence-electron chi connectivity index (χ3n) is 3.68. The molecule has 1 rings (SSSR count). The van der Waals surface area contributed by atoms with E-state index < -0.39 is 23.4 Å². The van der Waals surface area contributed by atoms with Crippen molar-refractivity contribution in [2.24, 2.45) is 17.3 Å². The van der Waals surface area contributed by atoms with Gasteiger partial charge in [-0.25, -0.2) is 0 Å². The number of alkyl halides is 3. The normalized spacial score (nSPS) is 25.2. The van der Waals surface area contributed by atoms with E-state index in [0.29, 0.717) is 12.8 Å². The van der Waals surface area contributed by atoms with Crippen LogP contribution in [-0.2, 0) is 4.79 Å². The van der Waals surface area contributed by atoms with E-state index in [9.17, 15) is 18.0 Å². The third kappa shape index (κ3) is 5.01. The number of hydrogen-bond acceptors (Lipinski definition) is 2. The second kappa shape index (κ2) is 6.11. The Bertz CT molecular complexity index is 316. The van der Waals surface area contributed by atoms with Crippen LogP contribution < -0.4 is 5.32 Å². The number of carbonyl (C=O) groups is 1. The molecular formula is C13H22F3NO2. The van der Waals surface area contributed by atoms with Crippen molar-refractivity contribution in [3.8, 4) is 0 Å². The Hall–Kier alpha value is -0.780. The number of nitrogens with one attached hydrogen (secondary N) is 1. The molecule has 0 aliphatic heterocycles. The molecule has 0 radical (unpaired) electrons. The molecule has 2 N–H and O–H groups in total. The van der Waals surface area contributed by atoms with Crippen molar-refractivity contribution in [3.05, 3.63) is 0 Å². The molecule has 0 aromatic rings. The summed E-state index contributed by atoms with van der Waals surface area (Å²) in [6.45, 7) is 3.76. The van der Waals surface area contributed by atoms with E-state index in [1.54, 1.807) is 13.8 Å². The fourth-order valence-electron chi connectivity index (χ4n) is 2.25. The van der Waals surface area contributed by atoms with Crippen LogP contribution in [0.1, 0.15) is 39.5 Å². The quantitative estimate of drug-likeness (QED) is 0.831. The highest BCUT2D eigenvalue weighted by Crippen LogP contribution is 2.39. The van der Waals surface area contributed by atoms with Crippen molar-refractivity contribution < 1.29 is 23.1 Å². The molecule has 1 fully saturated rings. The average molecular weight is 281 g/mol. The van der Waals surface area contributed by atoms with Crippen LogP contribution in [0.15, 0.2) is 0 Å². The molecule has 0 saturated heterocycles. The Morgan fingerprint density at radius 3 is 2.47 bits per heavy atom. The topological polar surface area (TPSA) is 49.3 Å². The van der Waals surface area contributed by atoms with Crippen LogP contribution in [-0.4, -0.2) is 30.3 Å². The molecule has 112 valence electrons. The van der Waals surface area contributed by atoms with E-state index >= 15 is 0 Å². The Labute approximate surface area is 111 Å². The molecule has 0 bridgehead atoms. The number of carbonyl (C=O) groups excluding carboxylic acids is 1. The summed E-state index contributed by atoms with van der Waals surface area (Å²) < 4.78 is 37.9. The minimum absolute atomic E-state index is 0.0802. The van der Waals surface area contributed by atoms with Gasteiger partial charge in [-0.1, -0.05) is 20.3 Å². The lowest BCUT2D eigenvalue weighted by Gasteiger charge is -2.30. The summed E-state index contributed by atoms with van der Waals surface area (Å²) in [6, 6.07) is 0. The maximum Gasteiger partial charge on any atom is 0.391 e. The van der Waals surface area contributed by atoms with Gasteiger partial charge in [0.2, 0.25) is 5.91 Å². The van der Waals surface area contributed by atoms with Gasteiger partial charge in [-0.2, -0.15) is 13.2 Å². The van der Waals surface area contributed by atoms with Gasteiger partial charge in [0.15, 0.2) is 0 Å². The van der Waals surface area contributed by atoms with Crippen LogP contribution >= 0.6 is 0 Å². The van der Waals surface area contributed by atoms with Gasteiger partial charge in [-0.15, -0.1) is 0 Å². The lowest BCUT2D eigenvalue weighted by atomic mass is 9.80. The molecule has 0 heterocycles. The molecule has 3 nitrogen and oxygen atoms in total. The highest BCUT2D eigenvalue weighted by Gasteiger charge is 2.43. The van der Waals surface area contributed by atoms with Crippen molar-refractivity contribution in [1.29, 1.82) is 0 Å². The standard InChI is InChI=1S/C13H22F3NO2/c1-12(2,8-18)7-17-11(19)9-4-3-5-10(6-9)13(14,15)16/h9-10,18H,3-8H2,1-2H3,(H,17,19). The van der Waals surface area contributed by atoms with Gasteiger partial charge in [0.05, 0.1) is 5.92 Å². The van der Waals surface area contributed by atoms with Crippen LogP contribution in [0.25, 0.3) is 0 Å². The van der Waals surface area contributed by atoms with E-state index in [2.05, 4.69) is 5.32 Å². The first-order valence-electron chi connectivity index (χ1n) is 6.61. The first-order valence-corrected chi connectivity index (χ1v) is 6.61.